The molecule has 1 aliphatic heterocycles. The second-order valence-electron chi connectivity index (χ2n) is 9.14. The summed E-state index contributed by atoms with van der Waals surface area (Å²) in [5, 5.41) is 0.144. The Labute approximate surface area is 163 Å². The second kappa shape index (κ2) is 6.84. The molecule has 26 heavy (non-hydrogen) atoms. The fourth-order valence-electron chi connectivity index (χ4n) is 3.40. The smallest absolute Gasteiger partial charge is 0.240 e. The Morgan fingerprint density at radius 2 is 1.85 bits per heavy atom. The quantitative estimate of drug-likeness (QED) is 0.278. The van der Waals surface area contributed by atoms with Crippen molar-refractivity contribution < 1.29 is 9.22 Å². The number of carbonyl (C=O) groups is 1. The number of β-lactam (4-membered cyclic amide) rings is 1. The average molecular weight is 390 g/mol. The van der Waals surface area contributed by atoms with Crippen molar-refractivity contribution in [3.63, 3.8) is 0 Å². The Morgan fingerprint density at radius 3 is 2.35 bits per heavy atom. The number of hydrogen-bond acceptors (Lipinski definition) is 3. The van der Waals surface area contributed by atoms with Crippen LogP contribution in [0.3, 0.4) is 0 Å². The van der Waals surface area contributed by atoms with E-state index in [1.165, 1.54) is 5.57 Å². The molecule has 1 saturated heterocycles. The summed E-state index contributed by atoms with van der Waals surface area (Å²) in [5.74, 6) is 0.582. The van der Waals surface area contributed by atoms with Gasteiger partial charge < -0.3 is 4.43 Å². The molecule has 142 valence electrons. The van der Waals surface area contributed by atoms with Crippen LogP contribution in [0.2, 0.25) is 18.1 Å². The Morgan fingerprint density at radius 1 is 1.27 bits per heavy atom. The highest BCUT2D eigenvalue weighted by Crippen LogP contribution is 2.53. The molecule has 1 amide bonds. The molecule has 1 aliphatic carbocycles. The molecule has 0 radical (unpaired) electrons. The highest BCUT2D eigenvalue weighted by molar-refractivity contribution is 7.97. The zero-order chi connectivity index (χ0) is 19.3. The van der Waals surface area contributed by atoms with E-state index in [4.69, 9.17) is 4.43 Å². The minimum absolute atomic E-state index is 0.0468. The molecule has 0 bridgehead atoms. The summed E-state index contributed by atoms with van der Waals surface area (Å²) >= 11 is 1.56. The summed E-state index contributed by atoms with van der Waals surface area (Å²) < 4.78 is 8.54. The van der Waals surface area contributed by atoms with Crippen molar-refractivity contribution in [3.05, 3.63) is 42.5 Å². The third kappa shape index (κ3) is 3.66. The van der Waals surface area contributed by atoms with E-state index in [0.717, 1.165) is 11.3 Å². The van der Waals surface area contributed by atoms with Crippen molar-refractivity contribution in [1.29, 1.82) is 0 Å². The number of benzene rings is 1. The van der Waals surface area contributed by atoms with Crippen molar-refractivity contribution in [2.45, 2.75) is 69.3 Å². The van der Waals surface area contributed by atoms with Crippen LogP contribution in [0.4, 0.5) is 0 Å². The number of nitrogens with zero attached hydrogens (tertiary/aromatic N) is 1. The number of carbonyl (C=O) groups excluding carboxylic acids is 1. The van der Waals surface area contributed by atoms with Gasteiger partial charge in [-0.25, -0.2) is 0 Å². The average Bonchev–Trinajstić information content (AvgIpc) is 3.25. The van der Waals surface area contributed by atoms with Gasteiger partial charge in [-0.05, 0) is 55.6 Å². The van der Waals surface area contributed by atoms with E-state index in [0.29, 0.717) is 5.92 Å². The van der Waals surface area contributed by atoms with Crippen molar-refractivity contribution in [2.24, 2.45) is 11.8 Å². The van der Waals surface area contributed by atoms with Crippen LogP contribution >= 0.6 is 11.9 Å². The molecule has 3 rings (SSSR count). The first-order valence-corrected chi connectivity index (χ1v) is 13.1. The summed E-state index contributed by atoms with van der Waals surface area (Å²) in [5.41, 5.74) is 1.27. The molecule has 1 saturated carbocycles. The lowest BCUT2D eigenvalue weighted by molar-refractivity contribution is -0.152. The first kappa shape index (κ1) is 19.7. The molecule has 1 unspecified atom stereocenters. The standard InChI is InChI=1S/C21H31NO2SSi/c1-14-13-17(14)19-18(15(2)24-26(6,7)21(3,4)5)20(23)22(19)25-16-11-9-8-10-12-16/h8-12,15,17-19H,1,13H2,2-7H3/t15-,17?,18-,19-/m1/s1. The van der Waals surface area contributed by atoms with E-state index < -0.39 is 8.32 Å². The topological polar surface area (TPSA) is 29.5 Å². The molecule has 0 aromatic heterocycles. The van der Waals surface area contributed by atoms with Gasteiger partial charge in [0, 0.05) is 10.8 Å². The SMILES string of the molecule is C=C1CC1[C@@H]1[C@@H]([C@@H](C)O[Si](C)(C)C(C)(C)C)C(=O)N1Sc1ccccc1. The predicted octanol–water partition coefficient (Wildman–Crippen LogP) is 5.51. The molecule has 0 spiro atoms. The lowest BCUT2D eigenvalue weighted by atomic mass is 9.83. The monoisotopic (exact) mass is 389 g/mol. The van der Waals surface area contributed by atoms with Crippen molar-refractivity contribution >= 4 is 26.2 Å². The summed E-state index contributed by atoms with van der Waals surface area (Å²) in [7, 11) is -1.90. The Bertz CT molecular complexity index is 698. The lowest BCUT2D eigenvalue weighted by Crippen LogP contribution is -2.63. The summed E-state index contributed by atoms with van der Waals surface area (Å²) in [6.07, 6.45) is 0.988. The fourth-order valence-corrected chi connectivity index (χ4v) is 5.94. The largest absolute Gasteiger partial charge is 0.413 e. The third-order valence-electron chi connectivity index (χ3n) is 6.14. The molecule has 1 aromatic carbocycles. The third-order valence-corrected chi connectivity index (χ3v) is 11.8. The Balaban J connectivity index is 1.75. The van der Waals surface area contributed by atoms with Gasteiger partial charge in [0.1, 0.15) is 0 Å². The van der Waals surface area contributed by atoms with Gasteiger partial charge in [-0.3, -0.25) is 9.10 Å². The Hall–Kier alpha value is -1.04. The van der Waals surface area contributed by atoms with Gasteiger partial charge in [0.15, 0.2) is 8.32 Å². The summed E-state index contributed by atoms with van der Waals surface area (Å²) in [6, 6.07) is 10.3. The van der Waals surface area contributed by atoms with E-state index in [1.807, 2.05) is 22.5 Å². The van der Waals surface area contributed by atoms with Gasteiger partial charge in [0.2, 0.25) is 5.91 Å². The highest BCUT2D eigenvalue weighted by Gasteiger charge is 2.59. The van der Waals surface area contributed by atoms with Crippen LogP contribution in [0.25, 0.3) is 0 Å². The summed E-state index contributed by atoms with van der Waals surface area (Å²) in [4.78, 5) is 14.1. The molecule has 4 atom stereocenters. The lowest BCUT2D eigenvalue weighted by Gasteiger charge is -2.50. The van der Waals surface area contributed by atoms with Crippen LogP contribution in [-0.4, -0.2) is 30.7 Å². The number of hydrogen-bond donors (Lipinski definition) is 0. The van der Waals surface area contributed by atoms with Gasteiger partial charge >= 0.3 is 0 Å². The first-order chi connectivity index (χ1) is 12.0. The van der Waals surface area contributed by atoms with Crippen molar-refractivity contribution in [1.82, 2.24) is 4.31 Å². The fraction of sp³-hybridized carbons (Fsp3) is 0.571. The zero-order valence-electron chi connectivity index (χ0n) is 16.8. The molecule has 5 heteroatoms. The first-order valence-electron chi connectivity index (χ1n) is 9.44. The highest BCUT2D eigenvalue weighted by atomic mass is 32.2. The molecular formula is C21H31NO2SSi. The molecule has 3 nitrogen and oxygen atoms in total. The van der Waals surface area contributed by atoms with Crippen LogP contribution in [0, 0.1) is 11.8 Å². The van der Waals surface area contributed by atoms with Crippen LogP contribution in [0.1, 0.15) is 34.1 Å². The predicted molar refractivity (Wildman–Crippen MR) is 111 cm³/mol. The molecular weight excluding hydrogens is 358 g/mol. The Kier molecular flexibility index (Phi) is 5.19. The van der Waals surface area contributed by atoms with E-state index >= 15 is 0 Å². The molecule has 1 aromatic rings. The van der Waals surface area contributed by atoms with Crippen LogP contribution in [0.5, 0.6) is 0 Å². The number of amides is 1. The molecule has 1 heterocycles. The minimum Gasteiger partial charge on any atom is -0.413 e. The van der Waals surface area contributed by atoms with Gasteiger partial charge in [-0.15, -0.1) is 0 Å². The van der Waals surface area contributed by atoms with E-state index in [-0.39, 0.29) is 29.0 Å². The maximum absolute atomic E-state index is 13.0. The zero-order valence-corrected chi connectivity index (χ0v) is 18.6. The molecule has 2 aliphatic rings. The second-order valence-corrected chi connectivity index (χ2v) is 14.9. The van der Waals surface area contributed by atoms with Gasteiger partial charge in [0.25, 0.3) is 0 Å². The van der Waals surface area contributed by atoms with Gasteiger partial charge in [-0.2, -0.15) is 0 Å². The van der Waals surface area contributed by atoms with Crippen molar-refractivity contribution in [3.8, 4) is 0 Å². The maximum atomic E-state index is 13.0. The van der Waals surface area contributed by atoms with E-state index in [1.54, 1.807) is 11.9 Å². The van der Waals surface area contributed by atoms with E-state index in [2.05, 4.69) is 59.5 Å². The van der Waals surface area contributed by atoms with Crippen molar-refractivity contribution in [2.75, 3.05) is 0 Å². The van der Waals surface area contributed by atoms with Crippen LogP contribution < -0.4 is 0 Å². The van der Waals surface area contributed by atoms with E-state index in [9.17, 15) is 4.79 Å². The maximum Gasteiger partial charge on any atom is 0.240 e. The molecule has 2 fully saturated rings. The van der Waals surface area contributed by atoms with Gasteiger partial charge in [0.05, 0.1) is 18.1 Å². The van der Waals surface area contributed by atoms with Crippen LogP contribution in [0.15, 0.2) is 47.4 Å². The van der Waals surface area contributed by atoms with Crippen LogP contribution in [-0.2, 0) is 9.22 Å². The number of rotatable bonds is 6. The summed E-state index contributed by atoms with van der Waals surface area (Å²) in [6.45, 7) is 17.5. The molecule has 0 N–H and O–H groups in total. The minimum atomic E-state index is -1.90. The van der Waals surface area contributed by atoms with Gasteiger partial charge in [-0.1, -0.05) is 51.1 Å². The normalized spacial score (nSPS) is 27.3.